The summed E-state index contributed by atoms with van der Waals surface area (Å²) >= 11 is 0. The standard InChI is InChI=1S/C15H21N3/c1-2-16-9-5-10-17-12-13-6-3-8-15-14(13)7-4-11-18-15/h3-4,6-8,11,16-17H,2,5,9-10,12H2,1H3. The van der Waals surface area contributed by atoms with Gasteiger partial charge in [-0.15, -0.1) is 0 Å². The average molecular weight is 243 g/mol. The summed E-state index contributed by atoms with van der Waals surface area (Å²) in [4.78, 5) is 4.37. The molecule has 96 valence electrons. The topological polar surface area (TPSA) is 37.0 Å². The van der Waals surface area contributed by atoms with Gasteiger partial charge in [0.05, 0.1) is 5.52 Å². The van der Waals surface area contributed by atoms with E-state index in [1.165, 1.54) is 10.9 Å². The highest BCUT2D eigenvalue weighted by Gasteiger charge is 2.00. The fraction of sp³-hybridized carbons (Fsp3) is 0.400. The molecular formula is C15H21N3. The minimum atomic E-state index is 0.912. The maximum atomic E-state index is 4.37. The van der Waals surface area contributed by atoms with E-state index in [1.807, 2.05) is 12.3 Å². The summed E-state index contributed by atoms with van der Waals surface area (Å²) in [6.07, 6.45) is 3.01. The SMILES string of the molecule is CCNCCCNCc1cccc2ncccc12. The second kappa shape index (κ2) is 7.09. The van der Waals surface area contributed by atoms with Crippen molar-refractivity contribution in [3.63, 3.8) is 0 Å². The maximum Gasteiger partial charge on any atom is 0.0705 e. The molecule has 2 N–H and O–H groups in total. The molecule has 0 atom stereocenters. The third-order valence-electron chi connectivity index (χ3n) is 3.01. The van der Waals surface area contributed by atoms with Crippen LogP contribution >= 0.6 is 0 Å². The molecule has 2 rings (SSSR count). The van der Waals surface area contributed by atoms with Gasteiger partial charge < -0.3 is 10.6 Å². The zero-order chi connectivity index (χ0) is 12.6. The smallest absolute Gasteiger partial charge is 0.0705 e. The number of rotatable bonds is 7. The predicted molar refractivity (Wildman–Crippen MR) is 76.6 cm³/mol. The van der Waals surface area contributed by atoms with Crippen LogP contribution in [0, 0.1) is 0 Å². The van der Waals surface area contributed by atoms with Crippen molar-refractivity contribution in [1.29, 1.82) is 0 Å². The van der Waals surface area contributed by atoms with Gasteiger partial charge in [-0.05, 0) is 43.8 Å². The third-order valence-corrected chi connectivity index (χ3v) is 3.01. The van der Waals surface area contributed by atoms with Gasteiger partial charge in [-0.3, -0.25) is 4.98 Å². The van der Waals surface area contributed by atoms with Gasteiger partial charge in [0.25, 0.3) is 0 Å². The van der Waals surface area contributed by atoms with Gasteiger partial charge in [0.2, 0.25) is 0 Å². The fourth-order valence-electron chi connectivity index (χ4n) is 2.06. The van der Waals surface area contributed by atoms with Gasteiger partial charge in [0.15, 0.2) is 0 Å². The number of benzene rings is 1. The van der Waals surface area contributed by atoms with Gasteiger partial charge in [-0.25, -0.2) is 0 Å². The Hall–Kier alpha value is -1.45. The molecule has 0 saturated heterocycles. The molecule has 2 aromatic rings. The van der Waals surface area contributed by atoms with Crippen molar-refractivity contribution >= 4 is 10.9 Å². The average Bonchev–Trinajstić information content (AvgIpc) is 2.43. The first-order valence-electron chi connectivity index (χ1n) is 6.66. The summed E-state index contributed by atoms with van der Waals surface area (Å²) in [5.41, 5.74) is 2.40. The molecule has 0 amide bonds. The zero-order valence-electron chi connectivity index (χ0n) is 10.9. The normalized spacial score (nSPS) is 10.9. The molecule has 1 aromatic heterocycles. The van der Waals surface area contributed by atoms with Crippen molar-refractivity contribution in [2.45, 2.75) is 19.9 Å². The fourth-order valence-corrected chi connectivity index (χ4v) is 2.06. The Kier molecular flexibility index (Phi) is 5.12. The van der Waals surface area contributed by atoms with Crippen LogP contribution in [0.25, 0.3) is 10.9 Å². The van der Waals surface area contributed by atoms with E-state index in [2.05, 4.69) is 46.8 Å². The molecule has 0 saturated carbocycles. The molecule has 1 aromatic carbocycles. The van der Waals surface area contributed by atoms with E-state index in [9.17, 15) is 0 Å². The highest BCUT2D eigenvalue weighted by atomic mass is 14.9. The molecule has 0 fully saturated rings. The van der Waals surface area contributed by atoms with E-state index in [0.29, 0.717) is 0 Å². The molecule has 1 heterocycles. The van der Waals surface area contributed by atoms with E-state index in [0.717, 1.165) is 38.1 Å². The molecule has 0 radical (unpaired) electrons. The predicted octanol–water partition coefficient (Wildman–Crippen LogP) is 2.32. The Balaban J connectivity index is 1.88. The van der Waals surface area contributed by atoms with E-state index < -0.39 is 0 Å². The van der Waals surface area contributed by atoms with Crippen molar-refractivity contribution in [3.05, 3.63) is 42.1 Å². The van der Waals surface area contributed by atoms with E-state index in [-0.39, 0.29) is 0 Å². The van der Waals surface area contributed by atoms with E-state index in [4.69, 9.17) is 0 Å². The number of hydrogen-bond acceptors (Lipinski definition) is 3. The van der Waals surface area contributed by atoms with Crippen LogP contribution in [0.5, 0.6) is 0 Å². The molecule has 3 heteroatoms. The highest BCUT2D eigenvalue weighted by Crippen LogP contribution is 2.15. The second-order valence-corrected chi connectivity index (χ2v) is 4.37. The lowest BCUT2D eigenvalue weighted by molar-refractivity contribution is 0.607. The molecule has 0 aliphatic carbocycles. The van der Waals surface area contributed by atoms with E-state index >= 15 is 0 Å². The largest absolute Gasteiger partial charge is 0.317 e. The minimum Gasteiger partial charge on any atom is -0.317 e. The summed E-state index contributed by atoms with van der Waals surface area (Å²) < 4.78 is 0. The summed E-state index contributed by atoms with van der Waals surface area (Å²) in [5.74, 6) is 0. The van der Waals surface area contributed by atoms with Gasteiger partial charge in [-0.1, -0.05) is 25.1 Å². The Bertz CT molecular complexity index is 477. The third kappa shape index (κ3) is 3.52. The molecule has 0 aliphatic rings. The van der Waals surface area contributed by atoms with E-state index in [1.54, 1.807) is 0 Å². The first kappa shape index (κ1) is 13.0. The number of aromatic nitrogens is 1. The van der Waals surface area contributed by atoms with Crippen LogP contribution < -0.4 is 10.6 Å². The van der Waals surface area contributed by atoms with Gasteiger partial charge in [-0.2, -0.15) is 0 Å². The molecule has 3 nitrogen and oxygen atoms in total. The lowest BCUT2D eigenvalue weighted by atomic mass is 10.1. The van der Waals surface area contributed by atoms with Crippen molar-refractivity contribution in [1.82, 2.24) is 15.6 Å². The Labute approximate surface area is 109 Å². The van der Waals surface area contributed by atoms with Crippen LogP contribution in [0.2, 0.25) is 0 Å². The van der Waals surface area contributed by atoms with Crippen molar-refractivity contribution < 1.29 is 0 Å². The van der Waals surface area contributed by atoms with Gasteiger partial charge >= 0.3 is 0 Å². The number of fused-ring (bicyclic) bond motifs is 1. The van der Waals surface area contributed by atoms with Crippen LogP contribution in [0.3, 0.4) is 0 Å². The molecule has 0 bridgehead atoms. The van der Waals surface area contributed by atoms with Crippen LogP contribution in [0.4, 0.5) is 0 Å². The minimum absolute atomic E-state index is 0.912. The van der Waals surface area contributed by atoms with Crippen LogP contribution in [-0.2, 0) is 6.54 Å². The Morgan fingerprint density at radius 3 is 2.83 bits per heavy atom. The van der Waals surface area contributed by atoms with Crippen molar-refractivity contribution in [2.24, 2.45) is 0 Å². The van der Waals surface area contributed by atoms with Gasteiger partial charge in [0, 0.05) is 18.1 Å². The number of pyridine rings is 1. The molecule has 0 unspecified atom stereocenters. The molecule has 0 spiro atoms. The number of nitrogens with zero attached hydrogens (tertiary/aromatic N) is 1. The Morgan fingerprint density at radius 2 is 1.94 bits per heavy atom. The quantitative estimate of drug-likeness (QED) is 0.733. The lowest BCUT2D eigenvalue weighted by Gasteiger charge is -2.08. The van der Waals surface area contributed by atoms with Crippen molar-refractivity contribution in [3.8, 4) is 0 Å². The number of nitrogens with one attached hydrogen (secondary N) is 2. The summed E-state index contributed by atoms with van der Waals surface area (Å²) in [5, 5.41) is 8.06. The number of hydrogen-bond donors (Lipinski definition) is 2. The first-order valence-corrected chi connectivity index (χ1v) is 6.66. The van der Waals surface area contributed by atoms with Crippen molar-refractivity contribution in [2.75, 3.05) is 19.6 Å². The Morgan fingerprint density at radius 1 is 1.06 bits per heavy atom. The highest BCUT2D eigenvalue weighted by molar-refractivity contribution is 5.81. The zero-order valence-corrected chi connectivity index (χ0v) is 10.9. The summed E-state index contributed by atoms with van der Waals surface area (Å²) in [7, 11) is 0. The lowest BCUT2D eigenvalue weighted by Crippen LogP contribution is -2.21. The summed E-state index contributed by atoms with van der Waals surface area (Å²) in [6, 6.07) is 10.4. The summed E-state index contributed by atoms with van der Waals surface area (Å²) in [6.45, 7) is 6.23. The van der Waals surface area contributed by atoms with Crippen LogP contribution in [0.15, 0.2) is 36.5 Å². The second-order valence-electron chi connectivity index (χ2n) is 4.37. The first-order chi connectivity index (χ1) is 8.92. The van der Waals surface area contributed by atoms with Crippen LogP contribution in [-0.4, -0.2) is 24.6 Å². The maximum absolute atomic E-state index is 4.37. The monoisotopic (exact) mass is 243 g/mol. The van der Waals surface area contributed by atoms with Crippen LogP contribution in [0.1, 0.15) is 18.9 Å². The molecule has 0 aliphatic heterocycles. The molecular weight excluding hydrogens is 222 g/mol. The van der Waals surface area contributed by atoms with Gasteiger partial charge in [0.1, 0.15) is 0 Å². The molecule has 18 heavy (non-hydrogen) atoms.